The van der Waals surface area contributed by atoms with E-state index in [1.165, 1.54) is 7.11 Å². The smallest absolute Gasteiger partial charge is 0.336 e. The van der Waals surface area contributed by atoms with Crippen molar-refractivity contribution in [1.29, 1.82) is 0 Å². The van der Waals surface area contributed by atoms with E-state index in [0.29, 0.717) is 40.8 Å². The summed E-state index contributed by atoms with van der Waals surface area (Å²) in [4.78, 5) is 28.1. The van der Waals surface area contributed by atoms with Crippen molar-refractivity contribution in [2.45, 2.75) is 38.2 Å². The Bertz CT molecular complexity index is 973. The summed E-state index contributed by atoms with van der Waals surface area (Å²) in [5, 5.41) is 0.586. The summed E-state index contributed by atoms with van der Waals surface area (Å²) >= 11 is 6.06. The minimum absolute atomic E-state index is 0.0265. The zero-order valence-electron chi connectivity index (χ0n) is 19.1. The Balaban J connectivity index is 1.92. The summed E-state index contributed by atoms with van der Waals surface area (Å²) in [5.41, 5.74) is 2.48. The third kappa shape index (κ3) is 5.95. The molecule has 6 nitrogen and oxygen atoms in total. The summed E-state index contributed by atoms with van der Waals surface area (Å²) in [7, 11) is 1.50. The minimum atomic E-state index is -0.490. The number of rotatable bonds is 9. The number of carbonyl (C=O) groups is 2. The summed E-state index contributed by atoms with van der Waals surface area (Å²) in [6, 6.07) is 7.19. The molecule has 0 N–H and O–H groups in total. The highest BCUT2D eigenvalue weighted by molar-refractivity contribution is 6.30. The maximum Gasteiger partial charge on any atom is 0.336 e. The fraction of sp³-hybridized carbons (Fsp3) is 0.385. The normalized spacial score (nSPS) is 21.2. The second-order valence-electron chi connectivity index (χ2n) is 8.08. The molecular formula is C26H30ClNO5. The molecule has 33 heavy (non-hydrogen) atoms. The molecule has 0 saturated carbocycles. The second kappa shape index (κ2) is 11.3. The van der Waals surface area contributed by atoms with E-state index in [-0.39, 0.29) is 25.0 Å². The molecule has 1 fully saturated rings. The molecule has 2 heterocycles. The molecule has 1 aromatic rings. The Kier molecular flexibility index (Phi) is 8.53. The molecule has 1 aromatic carbocycles. The predicted molar refractivity (Wildman–Crippen MR) is 128 cm³/mol. The minimum Gasteiger partial charge on any atom is -0.497 e. The van der Waals surface area contributed by atoms with Gasteiger partial charge >= 0.3 is 5.97 Å². The number of hydrogen-bond donors (Lipinski definition) is 0. The van der Waals surface area contributed by atoms with Gasteiger partial charge in [-0.15, -0.1) is 0 Å². The first-order valence-corrected chi connectivity index (χ1v) is 11.3. The van der Waals surface area contributed by atoms with E-state index in [1.54, 1.807) is 36.1 Å². The van der Waals surface area contributed by atoms with Gasteiger partial charge in [0, 0.05) is 35.2 Å². The van der Waals surface area contributed by atoms with Crippen LogP contribution in [0.3, 0.4) is 0 Å². The number of halogens is 1. The third-order valence-corrected chi connectivity index (χ3v) is 6.26. The number of allylic oxidation sites excluding steroid dienone is 3. The van der Waals surface area contributed by atoms with Gasteiger partial charge < -0.3 is 19.1 Å². The van der Waals surface area contributed by atoms with Gasteiger partial charge in [0.25, 0.3) is 0 Å². The van der Waals surface area contributed by atoms with Crippen LogP contribution in [-0.4, -0.2) is 49.7 Å². The predicted octanol–water partition coefficient (Wildman–Crippen LogP) is 4.92. The lowest BCUT2D eigenvalue weighted by Crippen LogP contribution is -2.42. The topological polar surface area (TPSA) is 65.1 Å². The van der Waals surface area contributed by atoms with E-state index in [1.807, 2.05) is 12.1 Å². The first-order valence-electron chi connectivity index (χ1n) is 11.0. The average molecular weight is 472 g/mol. The van der Waals surface area contributed by atoms with Crippen molar-refractivity contribution < 1.29 is 23.8 Å². The van der Waals surface area contributed by atoms with Crippen molar-refractivity contribution >= 4 is 23.5 Å². The summed E-state index contributed by atoms with van der Waals surface area (Å²) < 4.78 is 16.6. The van der Waals surface area contributed by atoms with Gasteiger partial charge in [-0.1, -0.05) is 49.0 Å². The Hall–Kier alpha value is -2.83. The summed E-state index contributed by atoms with van der Waals surface area (Å²) in [6.07, 6.45) is 5.27. The maximum absolute atomic E-state index is 13.4. The molecule has 0 spiro atoms. The SMILES string of the molecule is C=C/C=C(/COC(=O)C1=C(C)N(C[C@@H]2CCCO2)C(=O)C[C@H]1c1ccc(Cl)cc1)C(=C)OC. The number of methoxy groups -OCH3 is 1. The first-order chi connectivity index (χ1) is 15.8. The van der Waals surface area contributed by atoms with Gasteiger partial charge in [0.05, 0.1) is 25.3 Å². The van der Waals surface area contributed by atoms with Gasteiger partial charge in [0.1, 0.15) is 12.4 Å². The van der Waals surface area contributed by atoms with E-state index in [2.05, 4.69) is 13.2 Å². The highest BCUT2D eigenvalue weighted by Crippen LogP contribution is 2.38. The molecule has 0 bridgehead atoms. The molecule has 1 saturated heterocycles. The molecule has 176 valence electrons. The zero-order chi connectivity index (χ0) is 24.0. The van der Waals surface area contributed by atoms with Crippen LogP contribution in [0.4, 0.5) is 0 Å². The van der Waals surface area contributed by atoms with E-state index >= 15 is 0 Å². The van der Waals surface area contributed by atoms with Gasteiger partial charge in [-0.05, 0) is 37.5 Å². The molecule has 7 heteroatoms. The van der Waals surface area contributed by atoms with Crippen molar-refractivity contribution in [2.24, 2.45) is 0 Å². The number of benzene rings is 1. The summed E-state index contributed by atoms with van der Waals surface area (Å²) in [6.45, 7) is 10.4. The molecule has 2 aliphatic heterocycles. The van der Waals surface area contributed by atoms with Crippen molar-refractivity contribution in [2.75, 3.05) is 26.9 Å². The maximum atomic E-state index is 13.4. The van der Waals surface area contributed by atoms with Crippen LogP contribution in [0.15, 0.2) is 72.2 Å². The molecule has 0 radical (unpaired) electrons. The average Bonchev–Trinajstić information content (AvgIpc) is 3.32. The quantitative estimate of drug-likeness (QED) is 0.290. The van der Waals surface area contributed by atoms with E-state index in [4.69, 9.17) is 25.8 Å². The van der Waals surface area contributed by atoms with Gasteiger partial charge in [-0.2, -0.15) is 0 Å². The second-order valence-corrected chi connectivity index (χ2v) is 8.51. The van der Waals surface area contributed by atoms with Crippen LogP contribution in [0.5, 0.6) is 0 Å². The number of nitrogens with zero attached hydrogens (tertiary/aromatic N) is 1. The monoisotopic (exact) mass is 471 g/mol. The van der Waals surface area contributed by atoms with Crippen molar-refractivity contribution in [3.8, 4) is 0 Å². The Morgan fingerprint density at radius 1 is 1.33 bits per heavy atom. The molecule has 2 aliphatic rings. The van der Waals surface area contributed by atoms with Gasteiger partial charge in [0.15, 0.2) is 0 Å². The Labute approximate surface area is 200 Å². The zero-order valence-corrected chi connectivity index (χ0v) is 19.9. The van der Waals surface area contributed by atoms with Crippen LogP contribution >= 0.6 is 11.6 Å². The van der Waals surface area contributed by atoms with Crippen LogP contribution in [0.25, 0.3) is 0 Å². The summed E-state index contributed by atoms with van der Waals surface area (Å²) in [5.74, 6) is -0.572. The van der Waals surface area contributed by atoms with Crippen LogP contribution < -0.4 is 0 Å². The molecule has 0 aromatic heterocycles. The highest BCUT2D eigenvalue weighted by Gasteiger charge is 2.38. The largest absolute Gasteiger partial charge is 0.497 e. The van der Waals surface area contributed by atoms with Gasteiger partial charge in [-0.3, -0.25) is 4.79 Å². The molecular weight excluding hydrogens is 442 g/mol. The fourth-order valence-electron chi connectivity index (χ4n) is 4.19. The van der Waals surface area contributed by atoms with Crippen molar-refractivity contribution in [3.63, 3.8) is 0 Å². The molecule has 0 aliphatic carbocycles. The van der Waals surface area contributed by atoms with Gasteiger partial charge in [0.2, 0.25) is 5.91 Å². The number of amides is 1. The number of ether oxygens (including phenoxy) is 3. The Morgan fingerprint density at radius 3 is 2.67 bits per heavy atom. The third-order valence-electron chi connectivity index (χ3n) is 6.01. The van der Waals surface area contributed by atoms with Crippen LogP contribution in [-0.2, 0) is 23.8 Å². The number of hydrogen-bond acceptors (Lipinski definition) is 5. The van der Waals surface area contributed by atoms with Crippen LogP contribution in [0.1, 0.15) is 37.7 Å². The highest BCUT2D eigenvalue weighted by atomic mass is 35.5. The first kappa shape index (κ1) is 24.8. The van der Waals surface area contributed by atoms with Gasteiger partial charge in [-0.25, -0.2) is 4.79 Å². The lowest BCUT2D eigenvalue weighted by molar-refractivity contribution is -0.139. The molecule has 3 rings (SSSR count). The van der Waals surface area contributed by atoms with Crippen molar-refractivity contribution in [1.82, 2.24) is 4.90 Å². The van der Waals surface area contributed by atoms with Crippen LogP contribution in [0.2, 0.25) is 5.02 Å². The lowest BCUT2D eigenvalue weighted by Gasteiger charge is -2.35. The molecule has 0 unspecified atom stereocenters. The van der Waals surface area contributed by atoms with E-state index in [0.717, 1.165) is 18.4 Å². The standard InChI is InChI=1S/C26H30ClNO5/c1-5-7-20(18(3)31-4)16-33-26(30)25-17(2)28(15-22-8-6-13-32-22)24(29)14-23(25)19-9-11-21(27)12-10-19/h5,7,9-12,22-23H,1,3,6,8,13-16H2,2,4H3/b20-7-/t22-,23-/m0/s1. The lowest BCUT2D eigenvalue weighted by atomic mass is 9.83. The fourth-order valence-corrected chi connectivity index (χ4v) is 4.31. The molecule has 1 amide bonds. The van der Waals surface area contributed by atoms with Crippen molar-refractivity contribution in [3.05, 3.63) is 82.8 Å². The number of esters is 1. The Morgan fingerprint density at radius 2 is 2.06 bits per heavy atom. The molecule has 2 atom stereocenters. The van der Waals surface area contributed by atoms with E-state index < -0.39 is 11.9 Å². The number of carbonyl (C=O) groups excluding carboxylic acids is 2. The van der Waals surface area contributed by atoms with Crippen LogP contribution in [0, 0.1) is 0 Å². The van der Waals surface area contributed by atoms with E-state index in [9.17, 15) is 9.59 Å².